The first-order valence-corrected chi connectivity index (χ1v) is 10.5. The summed E-state index contributed by atoms with van der Waals surface area (Å²) in [5.41, 5.74) is 1.24. The van der Waals surface area contributed by atoms with Crippen LogP contribution in [0.15, 0.2) is 36.4 Å². The normalized spacial score (nSPS) is 17.5. The predicted octanol–water partition coefficient (Wildman–Crippen LogP) is 3.19. The fourth-order valence-corrected chi connectivity index (χ4v) is 4.01. The summed E-state index contributed by atoms with van der Waals surface area (Å²) in [6.07, 6.45) is 1.87. The molecule has 1 N–H and O–H groups in total. The number of piperazine rings is 1. The lowest BCUT2D eigenvalue weighted by Crippen LogP contribution is -2.46. The summed E-state index contributed by atoms with van der Waals surface area (Å²) in [5, 5.41) is 7.77. The van der Waals surface area contributed by atoms with E-state index >= 15 is 0 Å². The number of nitrogens with one attached hydrogen (secondary N) is 1. The van der Waals surface area contributed by atoms with Crippen LogP contribution in [0.2, 0.25) is 5.02 Å². The van der Waals surface area contributed by atoms with E-state index in [4.69, 9.17) is 11.6 Å². The minimum Gasteiger partial charge on any atom is -0.354 e. The Morgan fingerprint density at radius 3 is 2.63 bits per heavy atom. The van der Waals surface area contributed by atoms with Gasteiger partial charge in [0.25, 0.3) is 0 Å². The van der Waals surface area contributed by atoms with Crippen LogP contribution in [-0.2, 0) is 11.3 Å². The van der Waals surface area contributed by atoms with E-state index in [1.54, 1.807) is 16.6 Å². The molecule has 3 aromatic rings. The molecular weight excluding hydrogens is 407 g/mol. The van der Waals surface area contributed by atoms with Gasteiger partial charge in [-0.15, -0.1) is 5.10 Å². The standard InChI is InChI=1S/C21H22ClFN6O/c22-16-3-1-4-17(23)15(16)13-27-9-11-28(12-10-27)19-6-2-5-18-24-21(26-29(18)19)25-20(30)14-7-8-14/h1-6,14H,7-13H2,(H,25,26,30). The molecule has 0 radical (unpaired) electrons. The molecule has 1 saturated heterocycles. The van der Waals surface area contributed by atoms with Crippen LogP contribution in [0.4, 0.5) is 16.2 Å². The lowest BCUT2D eigenvalue weighted by atomic mass is 10.2. The summed E-state index contributed by atoms with van der Waals surface area (Å²) < 4.78 is 15.9. The number of pyridine rings is 1. The van der Waals surface area contributed by atoms with Gasteiger partial charge in [0.2, 0.25) is 11.9 Å². The third-order valence-electron chi connectivity index (χ3n) is 5.66. The number of halogens is 2. The number of fused-ring (bicyclic) bond motifs is 1. The summed E-state index contributed by atoms with van der Waals surface area (Å²) >= 11 is 6.17. The van der Waals surface area contributed by atoms with Crippen LogP contribution < -0.4 is 10.2 Å². The van der Waals surface area contributed by atoms with Gasteiger partial charge in [0.05, 0.1) is 0 Å². The zero-order valence-electron chi connectivity index (χ0n) is 16.4. The Hall–Kier alpha value is -2.71. The van der Waals surface area contributed by atoms with Gasteiger partial charge in [0, 0.05) is 49.2 Å². The monoisotopic (exact) mass is 428 g/mol. The Balaban J connectivity index is 1.28. The van der Waals surface area contributed by atoms with Crippen LogP contribution in [0.1, 0.15) is 18.4 Å². The predicted molar refractivity (Wildman–Crippen MR) is 113 cm³/mol. The summed E-state index contributed by atoms with van der Waals surface area (Å²) in [7, 11) is 0. The Labute approximate surface area is 178 Å². The highest BCUT2D eigenvalue weighted by Gasteiger charge is 2.30. The number of amides is 1. The smallest absolute Gasteiger partial charge is 0.249 e. The van der Waals surface area contributed by atoms with Crippen LogP contribution >= 0.6 is 11.6 Å². The Kier molecular flexibility index (Phi) is 5.04. The first-order chi connectivity index (χ1) is 14.6. The van der Waals surface area contributed by atoms with E-state index in [0.717, 1.165) is 44.8 Å². The van der Waals surface area contributed by atoms with Gasteiger partial charge in [0.15, 0.2) is 5.65 Å². The topological polar surface area (TPSA) is 65.8 Å². The Morgan fingerprint density at radius 1 is 1.13 bits per heavy atom. The molecule has 1 amide bonds. The number of carbonyl (C=O) groups is 1. The molecule has 7 nitrogen and oxygen atoms in total. The van der Waals surface area contributed by atoms with Crippen molar-refractivity contribution >= 4 is 34.9 Å². The number of nitrogens with zero attached hydrogens (tertiary/aromatic N) is 5. The highest BCUT2D eigenvalue weighted by Crippen LogP contribution is 2.30. The van der Waals surface area contributed by atoms with E-state index in [0.29, 0.717) is 28.7 Å². The first kappa shape index (κ1) is 19.3. The largest absolute Gasteiger partial charge is 0.354 e. The Morgan fingerprint density at radius 2 is 1.90 bits per heavy atom. The second-order valence-corrected chi connectivity index (χ2v) is 8.22. The van der Waals surface area contributed by atoms with Gasteiger partial charge >= 0.3 is 0 Å². The molecule has 3 heterocycles. The number of rotatable bonds is 5. The van der Waals surface area contributed by atoms with E-state index in [9.17, 15) is 9.18 Å². The second-order valence-electron chi connectivity index (χ2n) is 7.82. The molecule has 2 aromatic heterocycles. The number of hydrogen-bond donors (Lipinski definition) is 1. The zero-order chi connectivity index (χ0) is 20.7. The van der Waals surface area contributed by atoms with Crippen LogP contribution in [0.3, 0.4) is 0 Å². The minimum atomic E-state index is -0.266. The van der Waals surface area contributed by atoms with Crippen molar-refractivity contribution in [1.82, 2.24) is 19.5 Å². The highest BCUT2D eigenvalue weighted by molar-refractivity contribution is 6.31. The van der Waals surface area contributed by atoms with Crippen LogP contribution in [0.25, 0.3) is 5.65 Å². The molecule has 2 aliphatic rings. The summed E-state index contributed by atoms with van der Waals surface area (Å²) in [6.45, 7) is 3.59. The fourth-order valence-electron chi connectivity index (χ4n) is 3.78. The molecule has 0 spiro atoms. The van der Waals surface area contributed by atoms with Crippen molar-refractivity contribution < 1.29 is 9.18 Å². The Bertz CT molecular complexity index is 1070. The lowest BCUT2D eigenvalue weighted by molar-refractivity contribution is -0.117. The molecule has 156 valence electrons. The average Bonchev–Trinajstić information content (AvgIpc) is 3.51. The summed E-state index contributed by atoms with van der Waals surface area (Å²) in [5.74, 6) is 1.10. The molecule has 30 heavy (non-hydrogen) atoms. The third-order valence-corrected chi connectivity index (χ3v) is 6.02. The van der Waals surface area contributed by atoms with Crippen LogP contribution in [-0.4, -0.2) is 51.6 Å². The maximum atomic E-state index is 14.1. The van der Waals surface area contributed by atoms with Crippen molar-refractivity contribution in [1.29, 1.82) is 0 Å². The van der Waals surface area contributed by atoms with Crippen molar-refractivity contribution in [3.05, 3.63) is 52.8 Å². The van der Waals surface area contributed by atoms with Crippen LogP contribution in [0, 0.1) is 11.7 Å². The van der Waals surface area contributed by atoms with Crippen molar-refractivity contribution in [2.75, 3.05) is 36.4 Å². The molecule has 0 atom stereocenters. The van der Waals surface area contributed by atoms with Crippen molar-refractivity contribution in [3.63, 3.8) is 0 Å². The molecular formula is C21H22ClFN6O. The molecule has 9 heteroatoms. The zero-order valence-corrected chi connectivity index (χ0v) is 17.1. The lowest BCUT2D eigenvalue weighted by Gasteiger charge is -2.36. The number of carbonyl (C=O) groups excluding carboxylic acids is 1. The van der Waals surface area contributed by atoms with Crippen molar-refractivity contribution in [2.45, 2.75) is 19.4 Å². The number of aromatic nitrogens is 3. The van der Waals surface area contributed by atoms with E-state index < -0.39 is 0 Å². The SMILES string of the molecule is O=C(Nc1nc2cccc(N3CCN(Cc4c(F)cccc4Cl)CC3)n2n1)C1CC1. The first-order valence-electron chi connectivity index (χ1n) is 10.2. The van der Waals surface area contributed by atoms with Crippen molar-refractivity contribution in [3.8, 4) is 0 Å². The van der Waals surface area contributed by atoms with Gasteiger partial charge in [-0.2, -0.15) is 9.50 Å². The third kappa shape index (κ3) is 3.85. The molecule has 2 fully saturated rings. The van der Waals surface area contributed by atoms with E-state index in [1.165, 1.54) is 6.07 Å². The second kappa shape index (κ2) is 7.85. The molecule has 1 aromatic carbocycles. The average molecular weight is 429 g/mol. The fraction of sp³-hybridized carbons (Fsp3) is 0.381. The minimum absolute atomic E-state index is 0.00660. The van der Waals surface area contributed by atoms with Gasteiger partial charge in [-0.1, -0.05) is 23.7 Å². The number of anilines is 2. The molecule has 0 bridgehead atoms. The molecule has 0 unspecified atom stereocenters. The molecule has 1 aliphatic heterocycles. The highest BCUT2D eigenvalue weighted by atomic mass is 35.5. The van der Waals surface area contributed by atoms with Gasteiger partial charge < -0.3 is 4.90 Å². The molecule has 5 rings (SSSR count). The maximum absolute atomic E-state index is 14.1. The molecule has 1 saturated carbocycles. The quantitative estimate of drug-likeness (QED) is 0.676. The maximum Gasteiger partial charge on any atom is 0.249 e. The van der Waals surface area contributed by atoms with Crippen LogP contribution in [0.5, 0.6) is 0 Å². The van der Waals surface area contributed by atoms with Gasteiger partial charge in [-0.25, -0.2) is 4.39 Å². The van der Waals surface area contributed by atoms with E-state index in [2.05, 4.69) is 25.2 Å². The van der Waals surface area contributed by atoms with Gasteiger partial charge in [-0.05, 0) is 37.1 Å². The summed E-state index contributed by atoms with van der Waals surface area (Å²) in [6, 6.07) is 10.6. The van der Waals surface area contributed by atoms with Gasteiger partial charge in [-0.3, -0.25) is 15.0 Å². The molecule has 1 aliphatic carbocycles. The van der Waals surface area contributed by atoms with E-state index in [-0.39, 0.29) is 17.6 Å². The number of hydrogen-bond acceptors (Lipinski definition) is 5. The number of benzene rings is 1. The van der Waals surface area contributed by atoms with Crippen molar-refractivity contribution in [2.24, 2.45) is 5.92 Å². The van der Waals surface area contributed by atoms with E-state index in [1.807, 2.05) is 18.2 Å². The summed E-state index contributed by atoms with van der Waals surface area (Å²) in [4.78, 5) is 20.9. The van der Waals surface area contributed by atoms with Gasteiger partial charge in [0.1, 0.15) is 11.6 Å².